The summed E-state index contributed by atoms with van der Waals surface area (Å²) in [5.74, 6) is -0.557. The number of rotatable bonds is 5. The summed E-state index contributed by atoms with van der Waals surface area (Å²) < 4.78 is 4.96. The van der Waals surface area contributed by atoms with Crippen LogP contribution in [-0.2, 0) is 27.2 Å². The lowest BCUT2D eigenvalue weighted by Crippen LogP contribution is -2.31. The second kappa shape index (κ2) is 9.13. The number of anilines is 1. The van der Waals surface area contributed by atoms with Gasteiger partial charge in [0, 0.05) is 12.1 Å². The van der Waals surface area contributed by atoms with Gasteiger partial charge in [-0.15, -0.1) is 0 Å². The Hall–Kier alpha value is -3.18. The van der Waals surface area contributed by atoms with Crippen molar-refractivity contribution in [1.29, 1.82) is 5.26 Å². The van der Waals surface area contributed by atoms with E-state index in [0.29, 0.717) is 27.8 Å². The normalized spacial score (nSPS) is 20.1. The minimum absolute atomic E-state index is 0.0315. The van der Waals surface area contributed by atoms with Crippen LogP contribution in [0.4, 0.5) is 5.69 Å². The molecule has 2 heterocycles. The van der Waals surface area contributed by atoms with Gasteiger partial charge in [0.2, 0.25) is 11.8 Å². The predicted molar refractivity (Wildman–Crippen MR) is 119 cm³/mol. The van der Waals surface area contributed by atoms with Crippen LogP contribution in [0.2, 0.25) is 0 Å². The van der Waals surface area contributed by atoms with Gasteiger partial charge in [-0.3, -0.25) is 9.59 Å². The van der Waals surface area contributed by atoms with Crippen molar-refractivity contribution in [3.8, 4) is 6.07 Å². The van der Waals surface area contributed by atoms with Crippen molar-refractivity contribution in [3.63, 3.8) is 0 Å². The number of carbonyl (C=O) groups is 3. The van der Waals surface area contributed by atoms with Gasteiger partial charge in [0.15, 0.2) is 0 Å². The molecular weight excluding hydrogens is 426 g/mol. The molecule has 164 valence electrons. The van der Waals surface area contributed by atoms with Gasteiger partial charge in [-0.1, -0.05) is 18.7 Å². The quantitative estimate of drug-likeness (QED) is 0.507. The summed E-state index contributed by atoms with van der Waals surface area (Å²) >= 11 is 1.18. The van der Waals surface area contributed by atoms with Crippen molar-refractivity contribution < 1.29 is 19.1 Å². The number of aromatic nitrogens is 1. The van der Waals surface area contributed by atoms with Crippen molar-refractivity contribution in [2.45, 2.75) is 49.8 Å². The zero-order chi connectivity index (χ0) is 22.8. The van der Waals surface area contributed by atoms with Crippen LogP contribution in [-0.4, -0.2) is 34.6 Å². The van der Waals surface area contributed by atoms with Gasteiger partial charge < -0.3 is 4.74 Å². The third-order valence-corrected chi connectivity index (χ3v) is 6.90. The lowest BCUT2D eigenvalue weighted by atomic mass is 9.87. The molecule has 0 N–H and O–H groups in total. The van der Waals surface area contributed by atoms with Gasteiger partial charge in [-0.2, -0.15) is 5.26 Å². The molecule has 1 aliphatic carbocycles. The fourth-order valence-corrected chi connectivity index (χ4v) is 5.16. The highest BCUT2D eigenvalue weighted by molar-refractivity contribution is 8.00. The van der Waals surface area contributed by atoms with E-state index >= 15 is 0 Å². The van der Waals surface area contributed by atoms with E-state index in [1.807, 2.05) is 6.07 Å². The van der Waals surface area contributed by atoms with Crippen LogP contribution in [0.15, 0.2) is 35.4 Å². The van der Waals surface area contributed by atoms with Crippen molar-refractivity contribution >= 4 is 35.2 Å². The molecule has 1 fully saturated rings. The van der Waals surface area contributed by atoms with Crippen molar-refractivity contribution in [1.82, 2.24) is 4.98 Å². The molecule has 0 bridgehead atoms. The maximum Gasteiger partial charge on any atom is 0.338 e. The predicted octanol–water partition coefficient (Wildman–Crippen LogP) is 3.68. The monoisotopic (exact) mass is 449 g/mol. The zero-order valence-electron chi connectivity index (χ0n) is 18.0. The first-order chi connectivity index (χ1) is 15.4. The average molecular weight is 450 g/mol. The molecular formula is C24H23N3O4S. The van der Waals surface area contributed by atoms with E-state index in [4.69, 9.17) is 9.72 Å². The van der Waals surface area contributed by atoms with E-state index in [-0.39, 0.29) is 24.8 Å². The van der Waals surface area contributed by atoms with Gasteiger partial charge in [0.25, 0.3) is 0 Å². The minimum atomic E-state index is -0.646. The Morgan fingerprint density at radius 3 is 2.72 bits per heavy atom. The molecule has 1 aromatic carbocycles. The summed E-state index contributed by atoms with van der Waals surface area (Å²) in [4.78, 5) is 43.4. The Bertz CT molecular complexity index is 1120. The Kier molecular flexibility index (Phi) is 6.28. The molecule has 2 aliphatic rings. The molecule has 2 atom stereocenters. The first-order valence-corrected chi connectivity index (χ1v) is 11.5. The number of hydrogen-bond donors (Lipinski definition) is 0. The molecule has 32 heavy (non-hydrogen) atoms. The smallest absolute Gasteiger partial charge is 0.338 e. The van der Waals surface area contributed by atoms with Crippen LogP contribution in [0.1, 0.15) is 53.9 Å². The summed E-state index contributed by atoms with van der Waals surface area (Å²) in [5, 5.41) is 9.47. The molecule has 1 aliphatic heterocycles. The number of esters is 1. The summed E-state index contributed by atoms with van der Waals surface area (Å²) in [6.45, 7) is 4.18. The molecule has 1 aromatic heterocycles. The molecule has 0 spiro atoms. The van der Waals surface area contributed by atoms with Crippen molar-refractivity contribution in [2.75, 3.05) is 11.5 Å². The number of benzene rings is 1. The van der Waals surface area contributed by atoms with Gasteiger partial charge >= 0.3 is 5.97 Å². The maximum absolute atomic E-state index is 13.1. The number of pyridine rings is 1. The third-order valence-electron chi connectivity index (χ3n) is 5.71. The first-order valence-electron chi connectivity index (χ1n) is 10.6. The molecule has 1 saturated heterocycles. The number of ether oxygens (including phenoxy) is 1. The number of nitriles is 1. The SMILES string of the molecule is CCOC(=O)c1ccc(N2C(=O)CC(Sc3nc4c(cc3C#N)CC(C)CC4)C2=O)cc1. The Balaban J connectivity index is 1.54. The lowest BCUT2D eigenvalue weighted by Gasteiger charge is -2.22. The minimum Gasteiger partial charge on any atom is -0.462 e. The van der Waals surface area contributed by atoms with Gasteiger partial charge in [0.1, 0.15) is 11.1 Å². The van der Waals surface area contributed by atoms with Crippen LogP contribution in [0.25, 0.3) is 0 Å². The number of nitrogens with zero attached hydrogens (tertiary/aromatic N) is 3. The third kappa shape index (κ3) is 4.26. The van der Waals surface area contributed by atoms with Gasteiger partial charge in [0.05, 0.1) is 28.7 Å². The number of imide groups is 1. The van der Waals surface area contributed by atoms with E-state index in [0.717, 1.165) is 35.4 Å². The van der Waals surface area contributed by atoms with Crippen molar-refractivity contribution in [3.05, 3.63) is 52.7 Å². The molecule has 0 radical (unpaired) electrons. The first kappa shape index (κ1) is 22.0. The molecule has 8 heteroatoms. The van der Waals surface area contributed by atoms with Gasteiger partial charge in [-0.05, 0) is 68.0 Å². The average Bonchev–Trinajstić information content (AvgIpc) is 3.06. The second-order valence-corrected chi connectivity index (χ2v) is 9.24. The molecule has 7 nitrogen and oxygen atoms in total. The Morgan fingerprint density at radius 2 is 2.03 bits per heavy atom. The summed E-state index contributed by atoms with van der Waals surface area (Å²) in [6.07, 6.45) is 2.83. The van der Waals surface area contributed by atoms with E-state index in [1.54, 1.807) is 19.1 Å². The Morgan fingerprint density at radius 1 is 1.28 bits per heavy atom. The number of thioether (sulfide) groups is 1. The van der Waals surface area contributed by atoms with Gasteiger partial charge in [-0.25, -0.2) is 14.7 Å². The molecule has 2 unspecified atom stereocenters. The number of hydrogen-bond acceptors (Lipinski definition) is 7. The van der Waals surface area contributed by atoms with Crippen LogP contribution in [0, 0.1) is 17.2 Å². The molecule has 2 amide bonds. The fourth-order valence-electron chi connectivity index (χ4n) is 4.06. The van der Waals surface area contributed by atoms with E-state index < -0.39 is 11.2 Å². The second-order valence-electron chi connectivity index (χ2n) is 8.05. The maximum atomic E-state index is 13.1. The van der Waals surface area contributed by atoms with Crippen molar-refractivity contribution in [2.24, 2.45) is 5.92 Å². The summed E-state index contributed by atoms with van der Waals surface area (Å²) in [6, 6.07) is 10.3. The van der Waals surface area contributed by atoms with E-state index in [9.17, 15) is 19.6 Å². The number of aryl methyl sites for hydroxylation is 1. The molecule has 4 rings (SSSR count). The Labute approximate surface area is 190 Å². The number of carbonyl (C=O) groups excluding carboxylic acids is 3. The largest absolute Gasteiger partial charge is 0.462 e. The topological polar surface area (TPSA) is 100 Å². The van der Waals surface area contributed by atoms with E-state index in [2.05, 4.69) is 13.0 Å². The molecule has 2 aromatic rings. The zero-order valence-corrected chi connectivity index (χ0v) is 18.8. The van der Waals surface area contributed by atoms with Crippen LogP contribution >= 0.6 is 11.8 Å². The highest BCUT2D eigenvalue weighted by atomic mass is 32.2. The highest BCUT2D eigenvalue weighted by Crippen LogP contribution is 2.36. The standard InChI is InChI=1S/C24H23N3O4S/c1-3-31-24(30)15-5-7-18(8-6-15)27-21(28)12-20(23(27)29)32-22-17(13-25)11-16-10-14(2)4-9-19(16)26-22/h5-8,11,14,20H,3-4,9-10,12H2,1-2H3. The van der Waals surface area contributed by atoms with E-state index in [1.165, 1.54) is 23.9 Å². The van der Waals surface area contributed by atoms with Crippen LogP contribution in [0.3, 0.4) is 0 Å². The number of fused-ring (bicyclic) bond motifs is 1. The highest BCUT2D eigenvalue weighted by Gasteiger charge is 2.41. The fraction of sp³-hybridized carbons (Fsp3) is 0.375. The number of amides is 2. The molecule has 0 saturated carbocycles. The van der Waals surface area contributed by atoms with Crippen LogP contribution in [0.5, 0.6) is 0 Å². The summed E-state index contributed by atoms with van der Waals surface area (Å²) in [5.41, 5.74) is 3.28. The summed E-state index contributed by atoms with van der Waals surface area (Å²) in [7, 11) is 0. The lowest BCUT2D eigenvalue weighted by molar-refractivity contribution is -0.121. The van der Waals surface area contributed by atoms with Crippen LogP contribution < -0.4 is 4.90 Å².